The van der Waals surface area contributed by atoms with E-state index in [1.54, 1.807) is 18.2 Å². The maximum atomic E-state index is 15.1. The van der Waals surface area contributed by atoms with E-state index in [4.69, 9.17) is 14.2 Å². The molecule has 0 aromatic heterocycles. The first-order valence-corrected chi connectivity index (χ1v) is 13.1. The summed E-state index contributed by atoms with van der Waals surface area (Å²) in [6, 6.07) is 8.24. The van der Waals surface area contributed by atoms with Gasteiger partial charge < -0.3 is 14.2 Å². The number of hydrogen-bond acceptors (Lipinski definition) is 3. The summed E-state index contributed by atoms with van der Waals surface area (Å²) >= 11 is 0. The van der Waals surface area contributed by atoms with Crippen LogP contribution in [0.15, 0.2) is 30.3 Å². The first-order chi connectivity index (χ1) is 17.0. The maximum Gasteiger partial charge on any atom is 0.168 e. The highest BCUT2D eigenvalue weighted by atomic mass is 19.2. The zero-order chi connectivity index (χ0) is 24.8. The van der Waals surface area contributed by atoms with Crippen LogP contribution in [0.4, 0.5) is 13.2 Å². The van der Waals surface area contributed by atoms with Gasteiger partial charge in [-0.2, -0.15) is 0 Å². The van der Waals surface area contributed by atoms with Gasteiger partial charge in [0.1, 0.15) is 5.75 Å². The lowest BCUT2D eigenvalue weighted by atomic mass is 9.77. The van der Waals surface area contributed by atoms with Crippen LogP contribution < -0.4 is 9.47 Å². The van der Waals surface area contributed by atoms with E-state index in [1.807, 2.05) is 19.9 Å². The van der Waals surface area contributed by atoms with Crippen molar-refractivity contribution in [3.63, 3.8) is 0 Å². The molecular weight excluding hydrogens is 453 g/mol. The van der Waals surface area contributed by atoms with Gasteiger partial charge in [-0.3, -0.25) is 0 Å². The molecule has 35 heavy (non-hydrogen) atoms. The summed E-state index contributed by atoms with van der Waals surface area (Å²) in [5.74, 6) is -0.745. The number of benzene rings is 2. The fourth-order valence-electron chi connectivity index (χ4n) is 5.69. The van der Waals surface area contributed by atoms with Gasteiger partial charge in [-0.05, 0) is 106 Å². The molecule has 0 unspecified atom stereocenters. The SMILES string of the molecule is CCOc1ccc(OCC2CCC(c3ccc(C4CCC(OCC)CC4)c(F)c3F)CC2)c(F)c1. The normalized spacial score (nSPS) is 24.8. The van der Waals surface area contributed by atoms with Crippen molar-refractivity contribution >= 4 is 0 Å². The minimum Gasteiger partial charge on any atom is -0.494 e. The summed E-state index contributed by atoms with van der Waals surface area (Å²) < 4.78 is 61.1. The first kappa shape index (κ1) is 25.9. The Morgan fingerprint density at radius 1 is 0.714 bits per heavy atom. The van der Waals surface area contributed by atoms with Crippen LogP contribution in [0.2, 0.25) is 0 Å². The minimum absolute atomic E-state index is 0.00528. The Bertz CT molecular complexity index is 964. The molecule has 2 aliphatic rings. The second-order valence-electron chi connectivity index (χ2n) is 9.85. The van der Waals surface area contributed by atoms with Gasteiger partial charge in [0.05, 0.1) is 19.3 Å². The molecule has 2 fully saturated rings. The maximum absolute atomic E-state index is 15.1. The van der Waals surface area contributed by atoms with Crippen molar-refractivity contribution in [2.45, 2.75) is 83.2 Å². The van der Waals surface area contributed by atoms with Crippen LogP contribution in [0.3, 0.4) is 0 Å². The second-order valence-corrected chi connectivity index (χ2v) is 9.85. The van der Waals surface area contributed by atoms with E-state index in [0.29, 0.717) is 36.7 Å². The van der Waals surface area contributed by atoms with E-state index in [0.717, 1.165) is 51.4 Å². The Morgan fingerprint density at radius 2 is 1.31 bits per heavy atom. The summed E-state index contributed by atoms with van der Waals surface area (Å²) in [6.45, 7) is 5.42. The van der Waals surface area contributed by atoms with Gasteiger partial charge in [-0.1, -0.05) is 12.1 Å². The number of hydrogen-bond donors (Lipinski definition) is 0. The zero-order valence-corrected chi connectivity index (χ0v) is 20.8. The van der Waals surface area contributed by atoms with Gasteiger partial charge in [0, 0.05) is 12.7 Å². The van der Waals surface area contributed by atoms with Crippen LogP contribution in [-0.2, 0) is 4.74 Å². The molecule has 0 bridgehead atoms. The number of ether oxygens (including phenoxy) is 3. The summed E-state index contributed by atoms with van der Waals surface area (Å²) in [5, 5.41) is 0. The number of rotatable bonds is 9. The molecule has 2 saturated carbocycles. The van der Waals surface area contributed by atoms with Crippen LogP contribution in [0.1, 0.15) is 88.2 Å². The van der Waals surface area contributed by atoms with Crippen molar-refractivity contribution in [2.75, 3.05) is 19.8 Å². The van der Waals surface area contributed by atoms with Gasteiger partial charge >= 0.3 is 0 Å². The molecule has 2 aliphatic carbocycles. The molecule has 3 nitrogen and oxygen atoms in total. The summed E-state index contributed by atoms with van der Waals surface area (Å²) in [4.78, 5) is 0. The molecule has 0 atom stereocenters. The molecule has 0 radical (unpaired) electrons. The summed E-state index contributed by atoms with van der Waals surface area (Å²) in [5.41, 5.74) is 1.01. The lowest BCUT2D eigenvalue weighted by Crippen LogP contribution is -2.22. The van der Waals surface area contributed by atoms with E-state index in [-0.39, 0.29) is 29.6 Å². The van der Waals surface area contributed by atoms with Crippen LogP contribution in [0.5, 0.6) is 11.5 Å². The standard InChI is InChI=1S/C29H37F3O3/c1-3-33-22-11-9-21(10-12-22)25-15-14-24(28(31)29(25)32)20-7-5-19(6-8-20)18-35-27-16-13-23(34-4-2)17-26(27)30/h13-17,19-22H,3-12,18H2,1-2H3. The van der Waals surface area contributed by atoms with Crippen molar-refractivity contribution in [1.82, 2.24) is 0 Å². The van der Waals surface area contributed by atoms with Gasteiger partial charge in [0.2, 0.25) is 0 Å². The average Bonchev–Trinajstić information content (AvgIpc) is 2.87. The largest absolute Gasteiger partial charge is 0.494 e. The molecule has 4 rings (SSSR count). The first-order valence-electron chi connectivity index (χ1n) is 13.1. The Balaban J connectivity index is 1.30. The quantitative estimate of drug-likeness (QED) is 0.357. The van der Waals surface area contributed by atoms with Gasteiger partial charge in [-0.25, -0.2) is 13.2 Å². The molecular formula is C29H37F3O3. The van der Waals surface area contributed by atoms with E-state index < -0.39 is 17.5 Å². The van der Waals surface area contributed by atoms with E-state index in [1.165, 1.54) is 6.07 Å². The van der Waals surface area contributed by atoms with E-state index in [9.17, 15) is 4.39 Å². The topological polar surface area (TPSA) is 27.7 Å². The van der Waals surface area contributed by atoms with E-state index in [2.05, 4.69) is 0 Å². The van der Waals surface area contributed by atoms with E-state index >= 15 is 8.78 Å². The highest BCUT2D eigenvalue weighted by Crippen LogP contribution is 2.41. The highest BCUT2D eigenvalue weighted by molar-refractivity contribution is 5.33. The lowest BCUT2D eigenvalue weighted by Gasteiger charge is -2.31. The van der Waals surface area contributed by atoms with Crippen LogP contribution in [-0.4, -0.2) is 25.9 Å². The Hall–Kier alpha value is -2.21. The van der Waals surface area contributed by atoms with Crippen molar-refractivity contribution in [2.24, 2.45) is 5.92 Å². The molecule has 0 saturated heterocycles. The summed E-state index contributed by atoms with van der Waals surface area (Å²) in [6.07, 6.45) is 6.93. The van der Waals surface area contributed by atoms with Crippen LogP contribution in [0.25, 0.3) is 0 Å². The lowest BCUT2D eigenvalue weighted by molar-refractivity contribution is 0.0325. The fourth-order valence-corrected chi connectivity index (χ4v) is 5.69. The predicted molar refractivity (Wildman–Crippen MR) is 131 cm³/mol. The smallest absolute Gasteiger partial charge is 0.168 e. The fraction of sp³-hybridized carbons (Fsp3) is 0.586. The van der Waals surface area contributed by atoms with Crippen molar-refractivity contribution in [1.29, 1.82) is 0 Å². The minimum atomic E-state index is -0.675. The Kier molecular flexibility index (Phi) is 8.99. The van der Waals surface area contributed by atoms with Gasteiger partial charge in [0.25, 0.3) is 0 Å². The Labute approximate surface area is 207 Å². The Morgan fingerprint density at radius 3 is 1.86 bits per heavy atom. The second kappa shape index (κ2) is 12.2. The third kappa shape index (κ3) is 6.32. The molecule has 192 valence electrons. The van der Waals surface area contributed by atoms with Crippen LogP contribution in [0, 0.1) is 23.4 Å². The molecule has 6 heteroatoms. The highest BCUT2D eigenvalue weighted by Gasteiger charge is 2.30. The van der Waals surface area contributed by atoms with Crippen molar-refractivity contribution < 1.29 is 27.4 Å². The molecule has 2 aromatic rings. The molecule has 0 amide bonds. The third-order valence-corrected chi connectivity index (χ3v) is 7.63. The van der Waals surface area contributed by atoms with Gasteiger partial charge in [0.15, 0.2) is 23.2 Å². The molecule has 0 spiro atoms. The molecule has 0 heterocycles. The van der Waals surface area contributed by atoms with Crippen molar-refractivity contribution in [3.05, 3.63) is 58.9 Å². The summed E-state index contributed by atoms with van der Waals surface area (Å²) in [7, 11) is 0. The van der Waals surface area contributed by atoms with Crippen LogP contribution >= 0.6 is 0 Å². The predicted octanol–water partition coefficient (Wildman–Crippen LogP) is 7.92. The number of halogens is 3. The zero-order valence-electron chi connectivity index (χ0n) is 20.8. The van der Waals surface area contributed by atoms with Crippen molar-refractivity contribution in [3.8, 4) is 11.5 Å². The average molecular weight is 491 g/mol. The molecule has 0 aliphatic heterocycles. The molecule has 0 N–H and O–H groups in total. The third-order valence-electron chi connectivity index (χ3n) is 7.63. The monoisotopic (exact) mass is 490 g/mol. The molecule has 2 aromatic carbocycles. The van der Waals surface area contributed by atoms with Gasteiger partial charge in [-0.15, -0.1) is 0 Å².